The van der Waals surface area contributed by atoms with E-state index in [2.05, 4.69) is 16.8 Å². The zero-order valence-electron chi connectivity index (χ0n) is 14.8. The van der Waals surface area contributed by atoms with E-state index in [0.29, 0.717) is 19.6 Å². The maximum atomic E-state index is 12.5. The average Bonchev–Trinajstić information content (AvgIpc) is 2.61. The molecule has 2 heterocycles. The predicted molar refractivity (Wildman–Crippen MR) is 94.8 cm³/mol. The van der Waals surface area contributed by atoms with Gasteiger partial charge in [-0.1, -0.05) is 25.8 Å². The average molecular weight is 332 g/mol. The molecule has 0 aliphatic carbocycles. The van der Waals surface area contributed by atoms with Gasteiger partial charge in [-0.25, -0.2) is 4.98 Å². The van der Waals surface area contributed by atoms with E-state index in [4.69, 9.17) is 0 Å². The van der Waals surface area contributed by atoms with Gasteiger partial charge in [0.1, 0.15) is 5.82 Å². The van der Waals surface area contributed by atoms with Crippen LogP contribution in [-0.2, 0) is 9.59 Å². The van der Waals surface area contributed by atoms with Gasteiger partial charge in [0.15, 0.2) is 0 Å². The van der Waals surface area contributed by atoms with Crippen LogP contribution in [0.3, 0.4) is 0 Å². The van der Waals surface area contributed by atoms with E-state index in [1.54, 1.807) is 11.1 Å². The van der Waals surface area contributed by atoms with Gasteiger partial charge in [0.2, 0.25) is 11.8 Å². The van der Waals surface area contributed by atoms with Gasteiger partial charge in [0.25, 0.3) is 0 Å². The van der Waals surface area contributed by atoms with Crippen molar-refractivity contribution in [1.29, 1.82) is 0 Å². The van der Waals surface area contributed by atoms with Crippen molar-refractivity contribution in [1.82, 2.24) is 14.8 Å². The topological polar surface area (TPSA) is 56.8 Å². The first-order chi connectivity index (χ1) is 11.6. The fraction of sp³-hybridized carbons (Fsp3) is 0.611. The minimum absolute atomic E-state index is 0.0217. The Morgan fingerprint density at radius 2 is 1.92 bits per heavy atom. The third kappa shape index (κ3) is 5.22. The van der Waals surface area contributed by atoms with Crippen LogP contribution in [0.5, 0.6) is 0 Å². The van der Waals surface area contributed by atoms with Gasteiger partial charge in [0, 0.05) is 45.8 Å². The van der Waals surface area contributed by atoms with E-state index >= 15 is 0 Å². The summed E-state index contributed by atoms with van der Waals surface area (Å²) in [6, 6.07) is 5.86. The molecule has 1 aromatic rings. The van der Waals surface area contributed by atoms with Gasteiger partial charge in [-0.3, -0.25) is 9.59 Å². The molecule has 1 aliphatic heterocycles. The molecule has 0 saturated carbocycles. The molecule has 1 fully saturated rings. The summed E-state index contributed by atoms with van der Waals surface area (Å²) in [5.74, 6) is 0.975. The molecule has 132 valence electrons. The number of pyridine rings is 1. The number of rotatable bonds is 7. The number of unbranched alkanes of at least 4 members (excludes halogenated alkanes) is 2. The molecule has 6 nitrogen and oxygen atoms in total. The molecule has 0 aromatic carbocycles. The highest BCUT2D eigenvalue weighted by atomic mass is 16.2. The first-order valence-electron chi connectivity index (χ1n) is 8.81. The lowest BCUT2D eigenvalue weighted by atomic mass is 10.2. The van der Waals surface area contributed by atoms with Gasteiger partial charge >= 0.3 is 0 Å². The predicted octanol–water partition coefficient (Wildman–Crippen LogP) is 1.77. The van der Waals surface area contributed by atoms with E-state index in [1.807, 2.05) is 23.1 Å². The Hall–Kier alpha value is -2.11. The molecular weight excluding hydrogens is 304 g/mol. The van der Waals surface area contributed by atoms with E-state index in [-0.39, 0.29) is 18.4 Å². The number of hydrogen-bond acceptors (Lipinski definition) is 4. The van der Waals surface area contributed by atoms with Crippen molar-refractivity contribution >= 4 is 17.6 Å². The maximum absolute atomic E-state index is 12.5. The number of nitrogens with zero attached hydrogens (tertiary/aromatic N) is 4. The Morgan fingerprint density at radius 1 is 1.17 bits per heavy atom. The van der Waals surface area contributed by atoms with E-state index in [9.17, 15) is 9.59 Å². The summed E-state index contributed by atoms with van der Waals surface area (Å²) in [6.45, 7) is 7.44. The summed E-state index contributed by atoms with van der Waals surface area (Å²) in [6.07, 6.45) is 4.93. The molecule has 0 N–H and O–H groups in total. The number of piperazine rings is 1. The lowest BCUT2D eigenvalue weighted by molar-refractivity contribution is -0.139. The zero-order chi connectivity index (χ0) is 17.4. The van der Waals surface area contributed by atoms with Crippen LogP contribution in [0.25, 0.3) is 0 Å². The number of aromatic nitrogens is 1. The second kappa shape index (κ2) is 9.25. The van der Waals surface area contributed by atoms with E-state index < -0.39 is 0 Å². The summed E-state index contributed by atoms with van der Waals surface area (Å²) < 4.78 is 0. The van der Waals surface area contributed by atoms with Gasteiger partial charge < -0.3 is 14.7 Å². The number of carbonyl (C=O) groups is 2. The summed E-state index contributed by atoms with van der Waals surface area (Å²) in [5, 5.41) is 0. The lowest BCUT2D eigenvalue weighted by Gasteiger charge is -2.36. The van der Waals surface area contributed by atoms with Crippen LogP contribution in [0.2, 0.25) is 0 Å². The quantitative estimate of drug-likeness (QED) is 0.714. The lowest BCUT2D eigenvalue weighted by Crippen LogP contribution is -2.52. The molecule has 6 heteroatoms. The normalized spacial score (nSPS) is 14.6. The van der Waals surface area contributed by atoms with Crippen LogP contribution in [0.1, 0.15) is 33.1 Å². The van der Waals surface area contributed by atoms with Crippen LogP contribution in [0.4, 0.5) is 5.82 Å². The first-order valence-corrected chi connectivity index (χ1v) is 8.81. The molecule has 2 amide bonds. The monoisotopic (exact) mass is 332 g/mol. The molecule has 1 saturated heterocycles. The smallest absolute Gasteiger partial charge is 0.242 e. The molecule has 2 rings (SSSR count). The Bertz CT molecular complexity index is 527. The Balaban J connectivity index is 1.82. The number of hydrogen-bond donors (Lipinski definition) is 0. The summed E-state index contributed by atoms with van der Waals surface area (Å²) in [7, 11) is 0. The van der Waals surface area contributed by atoms with Crippen LogP contribution in [0.15, 0.2) is 24.4 Å². The van der Waals surface area contributed by atoms with Crippen molar-refractivity contribution in [2.75, 3.05) is 44.2 Å². The first kappa shape index (κ1) is 18.2. The third-order valence-corrected chi connectivity index (χ3v) is 4.41. The highest BCUT2D eigenvalue weighted by Gasteiger charge is 2.23. The van der Waals surface area contributed by atoms with Crippen LogP contribution in [-0.4, -0.2) is 65.9 Å². The van der Waals surface area contributed by atoms with Crippen molar-refractivity contribution in [3.05, 3.63) is 24.4 Å². The maximum Gasteiger partial charge on any atom is 0.242 e. The van der Waals surface area contributed by atoms with E-state index in [0.717, 1.165) is 38.2 Å². The summed E-state index contributed by atoms with van der Waals surface area (Å²) in [4.78, 5) is 34.3. The molecule has 0 spiro atoms. The van der Waals surface area contributed by atoms with E-state index in [1.165, 1.54) is 6.92 Å². The summed E-state index contributed by atoms with van der Waals surface area (Å²) >= 11 is 0. The molecule has 0 unspecified atom stereocenters. The Labute approximate surface area is 144 Å². The van der Waals surface area contributed by atoms with Gasteiger partial charge in [-0.05, 0) is 18.6 Å². The van der Waals surface area contributed by atoms with Gasteiger partial charge in [-0.2, -0.15) is 0 Å². The van der Waals surface area contributed by atoms with Crippen molar-refractivity contribution in [3.8, 4) is 0 Å². The molecule has 1 aromatic heterocycles. The van der Waals surface area contributed by atoms with Gasteiger partial charge in [-0.15, -0.1) is 0 Å². The largest absolute Gasteiger partial charge is 0.353 e. The van der Waals surface area contributed by atoms with Crippen molar-refractivity contribution in [2.24, 2.45) is 0 Å². The standard InChI is InChI=1S/C18H28N4O2/c1-3-4-7-10-22(16(2)23)15-18(24)21-13-11-20(12-14-21)17-8-5-6-9-19-17/h5-6,8-9H,3-4,7,10-15H2,1-2H3. The Kier molecular flexibility index (Phi) is 7.03. The molecule has 0 bridgehead atoms. The fourth-order valence-corrected chi connectivity index (χ4v) is 2.89. The molecule has 0 radical (unpaired) electrons. The van der Waals surface area contributed by atoms with Crippen LogP contribution >= 0.6 is 0 Å². The van der Waals surface area contributed by atoms with Crippen LogP contribution in [0, 0.1) is 0 Å². The van der Waals surface area contributed by atoms with Crippen molar-refractivity contribution in [3.63, 3.8) is 0 Å². The van der Waals surface area contributed by atoms with Crippen molar-refractivity contribution in [2.45, 2.75) is 33.1 Å². The number of anilines is 1. The highest BCUT2D eigenvalue weighted by molar-refractivity contribution is 5.84. The zero-order valence-corrected chi connectivity index (χ0v) is 14.8. The second-order valence-corrected chi connectivity index (χ2v) is 6.20. The summed E-state index contributed by atoms with van der Waals surface area (Å²) in [5.41, 5.74) is 0. The SMILES string of the molecule is CCCCCN(CC(=O)N1CCN(c2ccccn2)CC1)C(C)=O. The molecular formula is C18H28N4O2. The van der Waals surface area contributed by atoms with Crippen LogP contribution < -0.4 is 4.90 Å². The van der Waals surface area contributed by atoms with Gasteiger partial charge in [0.05, 0.1) is 6.54 Å². The molecule has 0 atom stereocenters. The molecule has 24 heavy (non-hydrogen) atoms. The molecule has 1 aliphatic rings. The highest BCUT2D eigenvalue weighted by Crippen LogP contribution is 2.13. The van der Waals surface area contributed by atoms with Crippen molar-refractivity contribution < 1.29 is 9.59 Å². The number of amides is 2. The second-order valence-electron chi connectivity index (χ2n) is 6.20. The Morgan fingerprint density at radius 3 is 2.50 bits per heavy atom. The number of carbonyl (C=O) groups excluding carboxylic acids is 2. The minimum atomic E-state index is -0.0217. The fourth-order valence-electron chi connectivity index (χ4n) is 2.89. The third-order valence-electron chi connectivity index (χ3n) is 4.41. The minimum Gasteiger partial charge on any atom is -0.353 e.